The Labute approximate surface area is 213 Å². The van der Waals surface area contributed by atoms with E-state index in [1.807, 2.05) is 52.8 Å². The molecule has 1 amide bonds. The molecule has 36 heavy (non-hydrogen) atoms. The highest BCUT2D eigenvalue weighted by atomic mass is 16.7. The Morgan fingerprint density at radius 2 is 2.08 bits per heavy atom. The summed E-state index contributed by atoms with van der Waals surface area (Å²) in [4.78, 5) is 17.0. The van der Waals surface area contributed by atoms with Crippen molar-refractivity contribution in [3.05, 3.63) is 42.1 Å². The molecule has 2 aliphatic rings. The van der Waals surface area contributed by atoms with Crippen molar-refractivity contribution in [1.29, 1.82) is 0 Å². The summed E-state index contributed by atoms with van der Waals surface area (Å²) in [5.74, 6) is 0.103. The largest absolute Gasteiger partial charge is 0.495 e. The zero-order valence-corrected chi connectivity index (χ0v) is 22.1. The third kappa shape index (κ3) is 6.96. The maximum absolute atomic E-state index is 12.5. The van der Waals surface area contributed by atoms with Gasteiger partial charge in [0.25, 0.3) is 0 Å². The van der Waals surface area contributed by atoms with E-state index in [-0.39, 0.29) is 24.4 Å². The molecule has 8 nitrogen and oxygen atoms in total. The lowest BCUT2D eigenvalue weighted by molar-refractivity contribution is -0.146. The van der Waals surface area contributed by atoms with Crippen LogP contribution in [0, 0.1) is 0 Å². The molecule has 1 aromatic heterocycles. The number of carbonyl (C=O) groups is 1. The lowest BCUT2D eigenvalue weighted by Gasteiger charge is -2.37. The molecule has 0 saturated carbocycles. The molecule has 8 heteroatoms. The van der Waals surface area contributed by atoms with Gasteiger partial charge in [-0.3, -0.25) is 4.98 Å². The molecule has 2 fully saturated rings. The number of nitrogens with one attached hydrogen (secondary N) is 1. The van der Waals surface area contributed by atoms with Gasteiger partial charge in [0.15, 0.2) is 5.79 Å². The molecular weight excluding hydrogens is 460 g/mol. The predicted molar refractivity (Wildman–Crippen MR) is 138 cm³/mol. The van der Waals surface area contributed by atoms with Crippen LogP contribution in [0.5, 0.6) is 5.75 Å². The molecule has 4 rings (SSSR count). The maximum atomic E-state index is 12.5. The third-order valence-electron chi connectivity index (χ3n) is 6.29. The van der Waals surface area contributed by atoms with Crippen molar-refractivity contribution >= 4 is 23.1 Å². The summed E-state index contributed by atoms with van der Waals surface area (Å²) in [5.41, 5.74) is 1.38. The van der Waals surface area contributed by atoms with E-state index in [1.54, 1.807) is 13.3 Å². The van der Waals surface area contributed by atoms with Crippen molar-refractivity contribution < 1.29 is 28.5 Å². The second-order valence-electron chi connectivity index (χ2n) is 10.9. The first kappa shape index (κ1) is 26.4. The van der Waals surface area contributed by atoms with E-state index in [0.717, 1.165) is 35.1 Å². The maximum Gasteiger partial charge on any atom is 0.407 e. The molecular formula is C28H38N2O6. The Morgan fingerprint density at radius 3 is 2.78 bits per heavy atom. The second-order valence-corrected chi connectivity index (χ2v) is 10.9. The number of pyridine rings is 1. The van der Waals surface area contributed by atoms with Gasteiger partial charge in [-0.15, -0.1) is 0 Å². The summed E-state index contributed by atoms with van der Waals surface area (Å²) in [6, 6.07) is 7.84. The molecule has 3 heterocycles. The fraction of sp³-hybridized carbons (Fsp3) is 0.571. The first-order chi connectivity index (χ1) is 17.0. The lowest BCUT2D eigenvalue weighted by Crippen LogP contribution is -2.51. The number of carbonyl (C=O) groups excluding carboxylic acids is 1. The Hall–Kier alpha value is -2.68. The van der Waals surface area contributed by atoms with Gasteiger partial charge in [0.05, 0.1) is 49.8 Å². The summed E-state index contributed by atoms with van der Waals surface area (Å²) in [6.07, 6.45) is 7.15. The van der Waals surface area contributed by atoms with Crippen molar-refractivity contribution in [3.8, 4) is 5.75 Å². The number of ether oxygens (including phenoxy) is 5. The van der Waals surface area contributed by atoms with Gasteiger partial charge in [-0.05, 0) is 65.2 Å². The van der Waals surface area contributed by atoms with E-state index in [1.165, 1.54) is 0 Å². The van der Waals surface area contributed by atoms with Crippen LogP contribution >= 0.6 is 0 Å². The number of methoxy groups -OCH3 is 1. The van der Waals surface area contributed by atoms with Gasteiger partial charge in [-0.1, -0.05) is 24.3 Å². The molecule has 2 aliphatic heterocycles. The van der Waals surface area contributed by atoms with Crippen LogP contribution in [0.3, 0.4) is 0 Å². The van der Waals surface area contributed by atoms with E-state index < -0.39 is 17.5 Å². The number of hydrogen-bond acceptors (Lipinski definition) is 7. The predicted octanol–water partition coefficient (Wildman–Crippen LogP) is 5.24. The molecule has 0 unspecified atom stereocenters. The van der Waals surface area contributed by atoms with Crippen LogP contribution in [-0.4, -0.2) is 60.5 Å². The van der Waals surface area contributed by atoms with Gasteiger partial charge in [0.1, 0.15) is 11.4 Å². The number of alkyl carbamates (subject to hydrolysis) is 1. The Kier molecular flexibility index (Phi) is 7.87. The fourth-order valence-electron chi connectivity index (χ4n) is 4.66. The quantitative estimate of drug-likeness (QED) is 0.583. The average molecular weight is 499 g/mol. The van der Waals surface area contributed by atoms with Gasteiger partial charge in [0, 0.05) is 11.8 Å². The van der Waals surface area contributed by atoms with E-state index in [0.29, 0.717) is 13.0 Å². The first-order valence-corrected chi connectivity index (χ1v) is 12.6. The summed E-state index contributed by atoms with van der Waals surface area (Å²) in [6.45, 7) is 9.87. The van der Waals surface area contributed by atoms with Crippen LogP contribution in [0.25, 0.3) is 17.0 Å². The highest BCUT2D eigenvalue weighted by Crippen LogP contribution is 2.31. The zero-order valence-electron chi connectivity index (χ0n) is 22.1. The minimum absolute atomic E-state index is 0.101. The van der Waals surface area contributed by atoms with Crippen LogP contribution in [-0.2, 0) is 18.9 Å². The Balaban J connectivity index is 1.48. The molecule has 0 spiro atoms. The Morgan fingerprint density at radius 1 is 1.28 bits per heavy atom. The van der Waals surface area contributed by atoms with Gasteiger partial charge in [-0.25, -0.2) is 4.79 Å². The third-order valence-corrected chi connectivity index (χ3v) is 6.29. The van der Waals surface area contributed by atoms with Gasteiger partial charge in [0.2, 0.25) is 0 Å². The number of benzene rings is 1. The molecule has 0 bridgehead atoms. The molecule has 196 valence electrons. The molecule has 1 N–H and O–H groups in total. The summed E-state index contributed by atoms with van der Waals surface area (Å²) < 4.78 is 29.1. The second kappa shape index (κ2) is 10.7. The molecule has 2 aromatic rings. The topological polar surface area (TPSA) is 88.1 Å². The minimum Gasteiger partial charge on any atom is -0.495 e. The normalized spacial score (nSPS) is 26.3. The van der Waals surface area contributed by atoms with Crippen LogP contribution in [0.2, 0.25) is 0 Å². The number of amides is 1. The van der Waals surface area contributed by atoms with Gasteiger partial charge >= 0.3 is 6.09 Å². The van der Waals surface area contributed by atoms with Gasteiger partial charge < -0.3 is 29.0 Å². The fourth-order valence-corrected chi connectivity index (χ4v) is 4.66. The van der Waals surface area contributed by atoms with E-state index in [9.17, 15) is 4.79 Å². The number of fused-ring (bicyclic) bond motifs is 1. The van der Waals surface area contributed by atoms with Crippen molar-refractivity contribution in [2.75, 3.05) is 13.7 Å². The molecule has 0 radical (unpaired) electrons. The zero-order chi connectivity index (χ0) is 25.9. The summed E-state index contributed by atoms with van der Waals surface area (Å²) in [7, 11) is 1.64. The van der Waals surface area contributed by atoms with Crippen LogP contribution in [0.1, 0.15) is 59.4 Å². The summed E-state index contributed by atoms with van der Waals surface area (Å²) in [5, 5.41) is 4.04. The molecule has 4 atom stereocenters. The SMILES string of the molecule is COc1cnc2cccc(C=C[C@@H]3CC[C@@H](NC(=O)OC(C)(C)C)[C@H](C[C@@H]4COC(C)(C)O4)O3)c2c1. The molecule has 2 saturated heterocycles. The number of rotatable bonds is 6. The number of hydrogen-bond donors (Lipinski definition) is 1. The highest BCUT2D eigenvalue weighted by Gasteiger charge is 2.39. The van der Waals surface area contributed by atoms with E-state index in [2.05, 4.69) is 28.5 Å². The van der Waals surface area contributed by atoms with Crippen molar-refractivity contribution in [3.63, 3.8) is 0 Å². The molecule has 1 aromatic carbocycles. The van der Waals surface area contributed by atoms with E-state index >= 15 is 0 Å². The Bertz CT molecular complexity index is 1090. The van der Waals surface area contributed by atoms with Crippen molar-refractivity contribution in [1.82, 2.24) is 10.3 Å². The van der Waals surface area contributed by atoms with Crippen molar-refractivity contribution in [2.24, 2.45) is 0 Å². The molecule has 0 aliphatic carbocycles. The smallest absolute Gasteiger partial charge is 0.407 e. The number of nitrogens with zero attached hydrogens (tertiary/aromatic N) is 1. The highest BCUT2D eigenvalue weighted by molar-refractivity contribution is 5.88. The minimum atomic E-state index is -0.615. The standard InChI is InChI=1S/C28H38N2O6/c1-27(2,3)36-26(31)30-24-13-12-19(34-25(24)15-21-17-33-28(4,5)35-21)11-10-18-8-7-9-23-22(18)14-20(32-6)16-29-23/h7-11,14,16,19,21,24-25H,12-13,15,17H2,1-6H3,(H,30,31)/t19-,21-,24-,25+/m1/s1. The first-order valence-electron chi connectivity index (χ1n) is 12.6. The van der Waals surface area contributed by atoms with Crippen LogP contribution in [0.15, 0.2) is 36.5 Å². The van der Waals surface area contributed by atoms with Crippen LogP contribution < -0.4 is 10.1 Å². The monoisotopic (exact) mass is 498 g/mol. The van der Waals surface area contributed by atoms with Crippen LogP contribution in [0.4, 0.5) is 4.79 Å². The lowest BCUT2D eigenvalue weighted by atomic mass is 9.94. The van der Waals surface area contributed by atoms with Crippen molar-refractivity contribution in [2.45, 2.75) is 89.6 Å². The summed E-state index contributed by atoms with van der Waals surface area (Å²) >= 11 is 0. The van der Waals surface area contributed by atoms with E-state index in [4.69, 9.17) is 23.7 Å². The number of aromatic nitrogens is 1. The average Bonchev–Trinajstić information content (AvgIpc) is 3.15. The van der Waals surface area contributed by atoms with Gasteiger partial charge in [-0.2, -0.15) is 0 Å².